The van der Waals surface area contributed by atoms with Crippen molar-refractivity contribution in [1.82, 2.24) is 0 Å². The van der Waals surface area contributed by atoms with Gasteiger partial charge >= 0.3 is 7.12 Å². The van der Waals surface area contributed by atoms with E-state index in [0.29, 0.717) is 0 Å². The molecular weight excluding hydrogens is 539 g/mol. The van der Waals surface area contributed by atoms with Crippen LogP contribution in [0.2, 0.25) is 0 Å². The molecule has 3 nitrogen and oxygen atoms in total. The van der Waals surface area contributed by atoms with Gasteiger partial charge in [0.2, 0.25) is 0 Å². The minimum absolute atomic E-state index is 0.371. The molecule has 1 saturated heterocycles. The zero-order valence-corrected chi connectivity index (χ0v) is 25.4. The maximum Gasteiger partial charge on any atom is 0.494 e. The Kier molecular flexibility index (Phi) is 6.10. The summed E-state index contributed by atoms with van der Waals surface area (Å²) in [6.45, 7) is 8.36. The van der Waals surface area contributed by atoms with Crippen LogP contribution in [0.1, 0.15) is 27.7 Å². The second-order valence-corrected chi connectivity index (χ2v) is 12.8. The van der Waals surface area contributed by atoms with Gasteiger partial charge in [-0.05, 0) is 102 Å². The predicted octanol–water partition coefficient (Wildman–Crippen LogP) is 10.0. The molecule has 1 fully saturated rings. The Hall–Kier alpha value is -4.64. The second kappa shape index (κ2) is 9.95. The van der Waals surface area contributed by atoms with Crippen LogP contribution in [0.5, 0.6) is 0 Å². The second-order valence-electron chi connectivity index (χ2n) is 12.8. The molecule has 0 aliphatic carbocycles. The normalized spacial score (nSPS) is 15.9. The molecule has 44 heavy (non-hydrogen) atoms. The molecule has 2 heterocycles. The van der Waals surface area contributed by atoms with Gasteiger partial charge in [0.1, 0.15) is 11.2 Å². The van der Waals surface area contributed by atoms with Crippen LogP contribution in [-0.2, 0) is 9.31 Å². The fourth-order valence-corrected chi connectivity index (χ4v) is 6.40. The summed E-state index contributed by atoms with van der Waals surface area (Å²) in [5, 5.41) is 4.73. The standard InChI is InChI=1S/C40H33BO3/c1-39(2)40(3,4)44-41(43-39)31-13-9-12-28(24-31)26-19-21-27(22-20-26)30-23-29-11-5-6-14-32(29)35(25-30)33-16-10-18-37-38(33)34-15-7-8-17-36(34)42-37/h5-25H,1-4H3. The summed E-state index contributed by atoms with van der Waals surface area (Å²) in [7, 11) is -0.382. The number of hydrogen-bond acceptors (Lipinski definition) is 3. The highest BCUT2D eigenvalue weighted by Gasteiger charge is 2.51. The van der Waals surface area contributed by atoms with Gasteiger partial charge in [0.05, 0.1) is 11.2 Å². The molecule has 4 heteroatoms. The van der Waals surface area contributed by atoms with Gasteiger partial charge in [0.25, 0.3) is 0 Å². The Balaban J connectivity index is 1.19. The lowest BCUT2D eigenvalue weighted by molar-refractivity contribution is 0.00578. The van der Waals surface area contributed by atoms with E-state index in [9.17, 15) is 0 Å². The fraction of sp³-hybridized carbons (Fsp3) is 0.150. The van der Waals surface area contributed by atoms with Crippen molar-refractivity contribution < 1.29 is 13.7 Å². The minimum Gasteiger partial charge on any atom is -0.456 e. The third kappa shape index (κ3) is 4.37. The van der Waals surface area contributed by atoms with Crippen LogP contribution in [0.15, 0.2) is 132 Å². The van der Waals surface area contributed by atoms with Crippen molar-refractivity contribution in [2.24, 2.45) is 0 Å². The largest absolute Gasteiger partial charge is 0.494 e. The molecule has 0 radical (unpaired) electrons. The molecule has 0 amide bonds. The summed E-state index contributed by atoms with van der Waals surface area (Å²) in [6.07, 6.45) is 0. The Bertz CT molecular complexity index is 2170. The van der Waals surface area contributed by atoms with Crippen molar-refractivity contribution in [3.8, 4) is 33.4 Å². The first-order valence-electron chi connectivity index (χ1n) is 15.3. The van der Waals surface area contributed by atoms with Gasteiger partial charge in [0, 0.05) is 10.8 Å². The Labute approximate surface area is 258 Å². The monoisotopic (exact) mass is 572 g/mol. The van der Waals surface area contributed by atoms with E-state index in [1.807, 2.05) is 12.1 Å². The van der Waals surface area contributed by atoms with E-state index in [4.69, 9.17) is 13.7 Å². The molecule has 0 bridgehead atoms. The number of fused-ring (bicyclic) bond motifs is 4. The molecule has 0 N–H and O–H groups in total. The van der Waals surface area contributed by atoms with E-state index < -0.39 is 0 Å². The third-order valence-corrected chi connectivity index (χ3v) is 9.52. The van der Waals surface area contributed by atoms with Crippen molar-refractivity contribution in [2.45, 2.75) is 38.9 Å². The highest BCUT2D eigenvalue weighted by atomic mass is 16.7. The van der Waals surface area contributed by atoms with Gasteiger partial charge in [-0.3, -0.25) is 0 Å². The van der Waals surface area contributed by atoms with E-state index in [1.165, 1.54) is 33.0 Å². The lowest BCUT2D eigenvalue weighted by atomic mass is 9.78. The van der Waals surface area contributed by atoms with Crippen molar-refractivity contribution in [1.29, 1.82) is 0 Å². The molecule has 0 spiro atoms. The quantitative estimate of drug-likeness (QED) is 0.197. The van der Waals surface area contributed by atoms with Crippen LogP contribution < -0.4 is 5.46 Å². The highest BCUT2D eigenvalue weighted by Crippen LogP contribution is 2.41. The van der Waals surface area contributed by atoms with Crippen LogP contribution in [0.4, 0.5) is 0 Å². The molecule has 0 atom stereocenters. The summed E-state index contributed by atoms with van der Waals surface area (Å²) in [5.74, 6) is 0. The predicted molar refractivity (Wildman–Crippen MR) is 183 cm³/mol. The summed E-state index contributed by atoms with van der Waals surface area (Å²) in [6, 6.07) is 45.3. The maximum absolute atomic E-state index is 6.32. The van der Waals surface area contributed by atoms with Crippen LogP contribution in [0.3, 0.4) is 0 Å². The zero-order chi connectivity index (χ0) is 30.1. The number of para-hydroxylation sites is 1. The Morgan fingerprint density at radius 3 is 1.89 bits per heavy atom. The van der Waals surface area contributed by atoms with E-state index in [1.54, 1.807) is 0 Å². The Morgan fingerprint density at radius 1 is 0.477 bits per heavy atom. The zero-order valence-electron chi connectivity index (χ0n) is 25.4. The van der Waals surface area contributed by atoms with Gasteiger partial charge in [0.15, 0.2) is 0 Å². The van der Waals surface area contributed by atoms with Crippen molar-refractivity contribution in [3.05, 3.63) is 127 Å². The van der Waals surface area contributed by atoms with Gasteiger partial charge in [-0.2, -0.15) is 0 Å². The van der Waals surface area contributed by atoms with Crippen LogP contribution in [0.25, 0.3) is 66.1 Å². The lowest BCUT2D eigenvalue weighted by Crippen LogP contribution is -2.41. The molecule has 1 aromatic heterocycles. The molecular formula is C40H33BO3. The third-order valence-electron chi connectivity index (χ3n) is 9.52. The molecule has 6 aromatic carbocycles. The van der Waals surface area contributed by atoms with Crippen LogP contribution in [0, 0.1) is 0 Å². The SMILES string of the molecule is CC1(C)OB(c2cccc(-c3ccc(-c4cc(-c5cccc6oc7ccccc7c56)c5ccccc5c4)cc3)c2)OC1(C)C. The molecule has 8 rings (SSSR count). The highest BCUT2D eigenvalue weighted by molar-refractivity contribution is 6.62. The summed E-state index contributed by atoms with van der Waals surface area (Å²) in [4.78, 5) is 0. The van der Waals surface area contributed by atoms with Crippen LogP contribution in [-0.4, -0.2) is 18.3 Å². The minimum atomic E-state index is -0.382. The van der Waals surface area contributed by atoms with Gasteiger partial charge < -0.3 is 13.7 Å². The molecule has 1 aliphatic rings. The van der Waals surface area contributed by atoms with E-state index >= 15 is 0 Å². The van der Waals surface area contributed by atoms with Crippen molar-refractivity contribution in [2.75, 3.05) is 0 Å². The smallest absolute Gasteiger partial charge is 0.456 e. The van der Waals surface area contributed by atoms with Gasteiger partial charge in [-0.15, -0.1) is 0 Å². The lowest BCUT2D eigenvalue weighted by Gasteiger charge is -2.32. The molecule has 214 valence electrons. The van der Waals surface area contributed by atoms with Crippen molar-refractivity contribution >= 4 is 45.3 Å². The first-order valence-corrected chi connectivity index (χ1v) is 15.3. The van der Waals surface area contributed by atoms with Gasteiger partial charge in [-0.1, -0.05) is 103 Å². The molecule has 0 unspecified atom stereocenters. The first-order chi connectivity index (χ1) is 21.3. The van der Waals surface area contributed by atoms with Crippen LogP contribution >= 0.6 is 0 Å². The number of rotatable bonds is 4. The molecule has 0 saturated carbocycles. The average molecular weight is 573 g/mol. The van der Waals surface area contributed by atoms with Gasteiger partial charge in [-0.25, -0.2) is 0 Å². The van der Waals surface area contributed by atoms with E-state index in [-0.39, 0.29) is 18.3 Å². The van der Waals surface area contributed by atoms with Crippen molar-refractivity contribution in [3.63, 3.8) is 0 Å². The maximum atomic E-state index is 6.32. The Morgan fingerprint density at radius 2 is 1.11 bits per heavy atom. The fourth-order valence-electron chi connectivity index (χ4n) is 6.40. The molecule has 7 aromatic rings. The van der Waals surface area contributed by atoms with E-state index in [0.717, 1.165) is 38.5 Å². The average Bonchev–Trinajstić information content (AvgIpc) is 3.53. The first kappa shape index (κ1) is 27.0. The number of hydrogen-bond donors (Lipinski definition) is 0. The summed E-state index contributed by atoms with van der Waals surface area (Å²) < 4.78 is 18.9. The summed E-state index contributed by atoms with van der Waals surface area (Å²) in [5.41, 5.74) is 9.15. The topological polar surface area (TPSA) is 31.6 Å². The molecule has 1 aliphatic heterocycles. The van der Waals surface area contributed by atoms with E-state index in [2.05, 4.69) is 143 Å². The number of benzene rings is 6. The summed E-state index contributed by atoms with van der Waals surface area (Å²) >= 11 is 0. The number of furan rings is 1.